The van der Waals surface area contributed by atoms with Crippen molar-refractivity contribution in [3.63, 3.8) is 0 Å². The van der Waals surface area contributed by atoms with Gasteiger partial charge < -0.3 is 11.1 Å². The fraction of sp³-hybridized carbons (Fsp3) is 0.333. The van der Waals surface area contributed by atoms with Crippen LogP contribution < -0.4 is 11.1 Å². The number of rotatable bonds is 4. The lowest BCUT2D eigenvalue weighted by atomic mass is 10.2. The van der Waals surface area contributed by atoms with Gasteiger partial charge >= 0.3 is 0 Å². The molecule has 132 valence electrons. The highest BCUT2D eigenvalue weighted by Gasteiger charge is 2.33. The molecule has 0 radical (unpaired) electrons. The number of nitrogens with two attached hydrogens (primary N) is 1. The molecule has 8 heteroatoms. The summed E-state index contributed by atoms with van der Waals surface area (Å²) in [6.07, 6.45) is 5.17. The number of imidazole rings is 1. The monoisotopic (exact) mass is 367 g/mol. The van der Waals surface area contributed by atoms with E-state index in [4.69, 9.17) is 5.73 Å². The van der Waals surface area contributed by atoms with Gasteiger partial charge in [-0.2, -0.15) is 16.4 Å². The molecule has 26 heavy (non-hydrogen) atoms. The second-order valence-corrected chi connectivity index (χ2v) is 7.71. The molecule has 0 saturated heterocycles. The second kappa shape index (κ2) is 5.63. The Morgan fingerprint density at radius 3 is 2.62 bits per heavy atom. The van der Waals surface area contributed by atoms with Crippen LogP contribution in [0.25, 0.3) is 5.65 Å². The molecule has 2 aliphatic rings. The van der Waals surface area contributed by atoms with Gasteiger partial charge in [-0.1, -0.05) is 0 Å². The Morgan fingerprint density at radius 2 is 1.96 bits per heavy atom. The lowest BCUT2D eigenvalue weighted by Gasteiger charge is -2.12. The van der Waals surface area contributed by atoms with Crippen LogP contribution in [0.2, 0.25) is 0 Å². The van der Waals surface area contributed by atoms with Gasteiger partial charge in [0, 0.05) is 18.2 Å². The Labute approximate surface area is 153 Å². The van der Waals surface area contributed by atoms with Crippen LogP contribution in [0.15, 0.2) is 23.0 Å². The smallest absolute Gasteiger partial charge is 0.269 e. The van der Waals surface area contributed by atoms with Crippen molar-refractivity contribution < 1.29 is 9.59 Å². The lowest BCUT2D eigenvalue weighted by molar-refractivity contribution is 0.0937. The maximum Gasteiger partial charge on any atom is 0.269 e. The molecule has 7 nitrogen and oxygen atoms in total. The Kier molecular flexibility index (Phi) is 3.36. The van der Waals surface area contributed by atoms with Crippen LogP contribution in [-0.2, 0) is 12.8 Å². The van der Waals surface area contributed by atoms with Crippen molar-refractivity contribution in [2.24, 2.45) is 5.73 Å². The van der Waals surface area contributed by atoms with Crippen LogP contribution in [0.1, 0.15) is 56.4 Å². The Morgan fingerprint density at radius 1 is 1.23 bits per heavy atom. The largest absolute Gasteiger partial charge is 0.364 e. The molecular weight excluding hydrogens is 350 g/mol. The summed E-state index contributed by atoms with van der Waals surface area (Å²) < 4.78 is 1.41. The van der Waals surface area contributed by atoms with Crippen molar-refractivity contribution >= 4 is 28.8 Å². The number of carbonyl (C=O) groups is 2. The molecule has 3 N–H and O–H groups in total. The molecule has 2 amide bonds. The maximum absolute atomic E-state index is 12.9. The summed E-state index contributed by atoms with van der Waals surface area (Å²) in [6.45, 7) is 0. The van der Waals surface area contributed by atoms with E-state index >= 15 is 0 Å². The number of thiophene rings is 1. The minimum atomic E-state index is -0.565. The predicted molar refractivity (Wildman–Crippen MR) is 96.5 cm³/mol. The summed E-state index contributed by atoms with van der Waals surface area (Å²) in [5.41, 5.74) is 9.94. The third-order valence-corrected chi connectivity index (χ3v) is 5.93. The van der Waals surface area contributed by atoms with Gasteiger partial charge in [0.25, 0.3) is 11.8 Å². The maximum atomic E-state index is 12.9. The number of nitrogens with zero attached hydrogens (tertiary/aromatic N) is 3. The van der Waals surface area contributed by atoms with Crippen LogP contribution in [0.5, 0.6) is 0 Å². The summed E-state index contributed by atoms with van der Waals surface area (Å²) in [7, 11) is 0. The Balaban J connectivity index is 1.49. The fourth-order valence-electron chi connectivity index (χ4n) is 3.69. The first-order chi connectivity index (χ1) is 12.6. The molecule has 0 bridgehead atoms. The third kappa shape index (κ3) is 2.40. The highest BCUT2D eigenvalue weighted by molar-refractivity contribution is 7.08. The fourth-order valence-corrected chi connectivity index (χ4v) is 4.58. The van der Waals surface area contributed by atoms with Gasteiger partial charge in [-0.15, -0.1) is 0 Å². The van der Waals surface area contributed by atoms with E-state index in [-0.39, 0.29) is 17.9 Å². The molecule has 0 spiro atoms. The molecule has 0 aromatic carbocycles. The van der Waals surface area contributed by atoms with Crippen LogP contribution in [0, 0.1) is 0 Å². The summed E-state index contributed by atoms with van der Waals surface area (Å²) >= 11 is 1.70. The van der Waals surface area contributed by atoms with E-state index in [2.05, 4.69) is 26.2 Å². The van der Waals surface area contributed by atoms with E-state index in [0.29, 0.717) is 22.6 Å². The lowest BCUT2D eigenvalue weighted by Crippen LogP contribution is -2.35. The van der Waals surface area contributed by atoms with Crippen LogP contribution in [-0.4, -0.2) is 32.5 Å². The van der Waals surface area contributed by atoms with Gasteiger partial charge in [0.05, 0.1) is 11.3 Å². The standard InChI is InChI=1S/C18H17N5O2S/c19-16(24)15-14(9-1-2-9)22-17-13(3-4-20-23(15)17)18(25)21-12-5-10-7-26-8-11(10)6-12/h3-4,7-9,12H,1-2,5-6H2,(H2,19,24)(H,21,25). The topological polar surface area (TPSA) is 102 Å². The number of nitrogens with one attached hydrogen (secondary N) is 1. The molecule has 0 atom stereocenters. The van der Waals surface area contributed by atoms with Crippen molar-refractivity contribution in [3.05, 3.63) is 51.1 Å². The van der Waals surface area contributed by atoms with Crippen molar-refractivity contribution in [3.8, 4) is 0 Å². The summed E-state index contributed by atoms with van der Waals surface area (Å²) in [4.78, 5) is 29.3. The first kappa shape index (κ1) is 15.5. The minimum Gasteiger partial charge on any atom is -0.364 e. The molecule has 1 saturated carbocycles. The van der Waals surface area contributed by atoms with Gasteiger partial charge in [0.15, 0.2) is 11.3 Å². The zero-order chi connectivity index (χ0) is 17.8. The van der Waals surface area contributed by atoms with Crippen molar-refractivity contribution in [1.29, 1.82) is 0 Å². The number of fused-ring (bicyclic) bond motifs is 2. The highest BCUT2D eigenvalue weighted by atomic mass is 32.1. The summed E-state index contributed by atoms with van der Waals surface area (Å²) in [5.74, 6) is -0.523. The second-order valence-electron chi connectivity index (χ2n) is 6.97. The zero-order valence-corrected chi connectivity index (χ0v) is 14.8. The molecule has 3 aromatic heterocycles. The molecule has 2 aliphatic carbocycles. The van der Waals surface area contributed by atoms with E-state index in [0.717, 1.165) is 25.7 Å². The SMILES string of the molecule is NC(=O)c1c(C2CC2)nc2c(C(=O)NC3Cc4cscc4C3)ccnn12. The number of hydrogen-bond donors (Lipinski definition) is 2. The average molecular weight is 367 g/mol. The first-order valence-electron chi connectivity index (χ1n) is 8.64. The molecule has 3 aromatic rings. The molecule has 3 heterocycles. The van der Waals surface area contributed by atoms with E-state index < -0.39 is 5.91 Å². The molecule has 0 aliphatic heterocycles. The first-order valence-corrected chi connectivity index (χ1v) is 9.58. The molecule has 5 rings (SSSR count). The summed E-state index contributed by atoms with van der Waals surface area (Å²) in [6, 6.07) is 1.73. The van der Waals surface area contributed by atoms with Crippen molar-refractivity contribution in [1.82, 2.24) is 19.9 Å². The van der Waals surface area contributed by atoms with Gasteiger partial charge in [-0.05, 0) is 53.6 Å². The average Bonchev–Trinajstić information content (AvgIpc) is 3.06. The zero-order valence-electron chi connectivity index (χ0n) is 13.9. The van der Waals surface area contributed by atoms with E-state index in [1.54, 1.807) is 17.4 Å². The van der Waals surface area contributed by atoms with E-state index in [1.807, 2.05) is 0 Å². The third-order valence-electron chi connectivity index (χ3n) is 5.09. The Hall–Kier alpha value is -2.74. The summed E-state index contributed by atoms with van der Waals surface area (Å²) in [5, 5.41) is 11.6. The molecular formula is C18H17N5O2S. The molecule has 1 fully saturated rings. The number of carbonyl (C=O) groups excluding carboxylic acids is 2. The predicted octanol–water partition coefficient (Wildman–Crippen LogP) is 1.66. The number of primary amides is 1. The minimum absolute atomic E-state index is 0.0857. The number of amides is 2. The normalized spacial score (nSPS) is 16.8. The number of aromatic nitrogens is 3. The molecule has 0 unspecified atom stereocenters. The van der Waals surface area contributed by atoms with Crippen molar-refractivity contribution in [2.45, 2.75) is 37.6 Å². The van der Waals surface area contributed by atoms with E-state index in [9.17, 15) is 9.59 Å². The van der Waals surface area contributed by atoms with E-state index in [1.165, 1.54) is 21.8 Å². The quantitative estimate of drug-likeness (QED) is 0.732. The highest BCUT2D eigenvalue weighted by Crippen LogP contribution is 2.41. The number of hydrogen-bond acceptors (Lipinski definition) is 5. The van der Waals surface area contributed by atoms with Gasteiger partial charge in [-0.25, -0.2) is 9.50 Å². The van der Waals surface area contributed by atoms with Crippen LogP contribution in [0.4, 0.5) is 0 Å². The van der Waals surface area contributed by atoms with Crippen molar-refractivity contribution in [2.75, 3.05) is 0 Å². The van der Waals surface area contributed by atoms with Crippen LogP contribution in [0.3, 0.4) is 0 Å². The van der Waals surface area contributed by atoms with Gasteiger partial charge in [0.2, 0.25) is 0 Å². The Bertz CT molecular complexity index is 1030. The van der Waals surface area contributed by atoms with Crippen LogP contribution >= 0.6 is 11.3 Å². The van der Waals surface area contributed by atoms with Gasteiger partial charge in [-0.3, -0.25) is 9.59 Å². The van der Waals surface area contributed by atoms with Gasteiger partial charge in [0.1, 0.15) is 0 Å².